The number of aliphatic hydroxyl groups is 1. The third kappa shape index (κ3) is 11.7. The average molecular weight is 184 g/mol. The molecule has 0 heterocycles. The maximum Gasteiger partial charge on any atom is 0.0515 e. The van der Waals surface area contributed by atoms with Crippen LogP contribution in [-0.4, -0.2) is 11.2 Å². The van der Waals surface area contributed by atoms with Gasteiger partial charge in [0.2, 0.25) is 0 Å². The molecule has 0 spiro atoms. The summed E-state index contributed by atoms with van der Waals surface area (Å²) in [4.78, 5) is 0. The molecule has 78 valence electrons. The van der Waals surface area contributed by atoms with Crippen molar-refractivity contribution in [1.82, 2.24) is 0 Å². The number of allylic oxidation sites excluding steroid dienone is 2. The summed E-state index contributed by atoms with van der Waals surface area (Å²) >= 11 is 0. The Hall–Kier alpha value is -0.300. The van der Waals surface area contributed by atoms with E-state index in [9.17, 15) is 0 Å². The van der Waals surface area contributed by atoms with Crippen molar-refractivity contribution in [3.05, 3.63) is 12.2 Å². The van der Waals surface area contributed by atoms with Crippen LogP contribution < -0.4 is 0 Å². The Morgan fingerprint density at radius 1 is 1.08 bits per heavy atom. The van der Waals surface area contributed by atoms with Crippen molar-refractivity contribution in [1.29, 1.82) is 0 Å². The van der Waals surface area contributed by atoms with E-state index in [1.807, 2.05) is 6.92 Å². The smallest absolute Gasteiger partial charge is 0.0515 e. The van der Waals surface area contributed by atoms with E-state index in [1.165, 1.54) is 32.1 Å². The van der Waals surface area contributed by atoms with Gasteiger partial charge in [-0.1, -0.05) is 38.3 Å². The van der Waals surface area contributed by atoms with Crippen LogP contribution in [0.3, 0.4) is 0 Å². The van der Waals surface area contributed by atoms with Gasteiger partial charge in [-0.05, 0) is 32.6 Å². The molecule has 0 amide bonds. The summed E-state index contributed by atoms with van der Waals surface area (Å²) in [5.41, 5.74) is 0. The summed E-state index contributed by atoms with van der Waals surface area (Å²) in [6, 6.07) is 0. The summed E-state index contributed by atoms with van der Waals surface area (Å²) in [5.74, 6) is 0. The summed E-state index contributed by atoms with van der Waals surface area (Å²) in [6.07, 6.45) is 12.8. The minimum absolute atomic E-state index is 0.148. The van der Waals surface area contributed by atoms with Gasteiger partial charge in [-0.3, -0.25) is 0 Å². The van der Waals surface area contributed by atoms with Crippen molar-refractivity contribution in [3.63, 3.8) is 0 Å². The van der Waals surface area contributed by atoms with Gasteiger partial charge in [0, 0.05) is 0 Å². The first-order valence-corrected chi connectivity index (χ1v) is 5.60. The standard InChI is InChI=1S/C12H24O/c1-3-4-5-6-7-8-9-10-11-12(2)13/h8-9,12-13H,3-7,10-11H2,1-2H3/b9-8-/t12-/m0/s1. The fraction of sp³-hybridized carbons (Fsp3) is 0.833. The largest absolute Gasteiger partial charge is 0.393 e. The lowest BCUT2D eigenvalue weighted by Crippen LogP contribution is -1.96. The van der Waals surface area contributed by atoms with Crippen LogP contribution in [-0.2, 0) is 0 Å². The summed E-state index contributed by atoms with van der Waals surface area (Å²) in [5, 5.41) is 8.99. The van der Waals surface area contributed by atoms with Crippen LogP contribution in [0.15, 0.2) is 12.2 Å². The lowest BCUT2D eigenvalue weighted by molar-refractivity contribution is 0.186. The highest BCUT2D eigenvalue weighted by Crippen LogP contribution is 2.04. The summed E-state index contributed by atoms with van der Waals surface area (Å²) in [6.45, 7) is 4.08. The van der Waals surface area contributed by atoms with E-state index in [0.717, 1.165) is 12.8 Å². The monoisotopic (exact) mass is 184 g/mol. The molecular weight excluding hydrogens is 160 g/mol. The number of unbranched alkanes of at least 4 members (excludes halogenated alkanes) is 4. The second kappa shape index (κ2) is 9.79. The molecule has 0 aromatic carbocycles. The van der Waals surface area contributed by atoms with Crippen LogP contribution in [0.25, 0.3) is 0 Å². The van der Waals surface area contributed by atoms with Crippen LogP contribution >= 0.6 is 0 Å². The van der Waals surface area contributed by atoms with E-state index in [0.29, 0.717) is 0 Å². The van der Waals surface area contributed by atoms with Crippen LogP contribution in [0.1, 0.15) is 58.8 Å². The van der Waals surface area contributed by atoms with Crippen LogP contribution in [0.2, 0.25) is 0 Å². The molecule has 0 bridgehead atoms. The molecule has 13 heavy (non-hydrogen) atoms. The molecule has 1 nitrogen and oxygen atoms in total. The third-order valence-electron chi connectivity index (χ3n) is 2.14. The molecule has 0 rings (SSSR count). The molecular formula is C12H24O. The van der Waals surface area contributed by atoms with Gasteiger partial charge in [0.1, 0.15) is 0 Å². The molecule has 1 heteroatoms. The molecule has 0 aliphatic rings. The van der Waals surface area contributed by atoms with E-state index < -0.39 is 0 Å². The van der Waals surface area contributed by atoms with Crippen LogP contribution in [0.5, 0.6) is 0 Å². The van der Waals surface area contributed by atoms with Crippen LogP contribution in [0.4, 0.5) is 0 Å². The highest BCUT2D eigenvalue weighted by Gasteiger charge is 1.90. The lowest BCUT2D eigenvalue weighted by atomic mass is 10.1. The maximum absolute atomic E-state index is 8.99. The first kappa shape index (κ1) is 12.7. The predicted molar refractivity (Wildman–Crippen MR) is 58.8 cm³/mol. The van der Waals surface area contributed by atoms with E-state index in [2.05, 4.69) is 19.1 Å². The number of hydrogen-bond donors (Lipinski definition) is 1. The van der Waals surface area contributed by atoms with Crippen molar-refractivity contribution in [3.8, 4) is 0 Å². The van der Waals surface area contributed by atoms with Gasteiger partial charge < -0.3 is 5.11 Å². The van der Waals surface area contributed by atoms with E-state index in [1.54, 1.807) is 0 Å². The molecule has 0 fully saturated rings. The molecule has 0 radical (unpaired) electrons. The Kier molecular flexibility index (Phi) is 9.56. The van der Waals surface area contributed by atoms with Gasteiger partial charge in [0.05, 0.1) is 6.10 Å². The van der Waals surface area contributed by atoms with Gasteiger partial charge >= 0.3 is 0 Å². The molecule has 0 aliphatic heterocycles. The number of aliphatic hydroxyl groups excluding tert-OH is 1. The number of hydrogen-bond acceptors (Lipinski definition) is 1. The van der Waals surface area contributed by atoms with Crippen molar-refractivity contribution in [2.45, 2.75) is 64.9 Å². The Balaban J connectivity index is 3.03. The zero-order valence-electron chi connectivity index (χ0n) is 9.13. The Morgan fingerprint density at radius 3 is 2.38 bits per heavy atom. The Labute approximate surface area is 82.9 Å². The maximum atomic E-state index is 8.99. The van der Waals surface area contributed by atoms with Gasteiger partial charge in [0.25, 0.3) is 0 Å². The lowest BCUT2D eigenvalue weighted by Gasteiger charge is -1.98. The Bertz CT molecular complexity index is 116. The zero-order valence-corrected chi connectivity index (χ0v) is 9.13. The van der Waals surface area contributed by atoms with E-state index >= 15 is 0 Å². The molecule has 0 saturated carbocycles. The fourth-order valence-corrected chi connectivity index (χ4v) is 1.26. The second-order valence-electron chi connectivity index (χ2n) is 3.75. The van der Waals surface area contributed by atoms with E-state index in [4.69, 9.17) is 5.11 Å². The zero-order chi connectivity index (χ0) is 9.94. The minimum atomic E-state index is -0.148. The van der Waals surface area contributed by atoms with Crippen molar-refractivity contribution >= 4 is 0 Å². The van der Waals surface area contributed by atoms with Crippen molar-refractivity contribution < 1.29 is 5.11 Å². The second-order valence-corrected chi connectivity index (χ2v) is 3.75. The highest BCUT2D eigenvalue weighted by molar-refractivity contribution is 4.81. The van der Waals surface area contributed by atoms with Crippen molar-refractivity contribution in [2.75, 3.05) is 0 Å². The quantitative estimate of drug-likeness (QED) is 0.451. The molecule has 0 aliphatic carbocycles. The van der Waals surface area contributed by atoms with Crippen LogP contribution in [0, 0.1) is 0 Å². The summed E-state index contributed by atoms with van der Waals surface area (Å²) in [7, 11) is 0. The first-order chi connectivity index (χ1) is 6.27. The topological polar surface area (TPSA) is 20.2 Å². The van der Waals surface area contributed by atoms with Gasteiger partial charge in [-0.15, -0.1) is 0 Å². The van der Waals surface area contributed by atoms with Gasteiger partial charge in [0.15, 0.2) is 0 Å². The van der Waals surface area contributed by atoms with E-state index in [-0.39, 0.29) is 6.10 Å². The molecule has 0 aromatic heterocycles. The molecule has 0 aromatic rings. The molecule has 0 saturated heterocycles. The SMILES string of the molecule is CCCCCC/C=C\CC[C@H](C)O. The molecule has 0 unspecified atom stereocenters. The average Bonchev–Trinajstić information content (AvgIpc) is 2.09. The molecule has 1 atom stereocenters. The summed E-state index contributed by atoms with van der Waals surface area (Å²) < 4.78 is 0. The van der Waals surface area contributed by atoms with Gasteiger partial charge in [-0.25, -0.2) is 0 Å². The fourth-order valence-electron chi connectivity index (χ4n) is 1.26. The minimum Gasteiger partial charge on any atom is -0.393 e. The number of rotatable bonds is 8. The van der Waals surface area contributed by atoms with Crippen molar-refractivity contribution in [2.24, 2.45) is 0 Å². The molecule has 1 N–H and O–H groups in total. The Morgan fingerprint density at radius 2 is 1.77 bits per heavy atom. The van der Waals surface area contributed by atoms with Gasteiger partial charge in [-0.2, -0.15) is 0 Å². The highest BCUT2D eigenvalue weighted by atomic mass is 16.3. The third-order valence-corrected chi connectivity index (χ3v) is 2.14. The first-order valence-electron chi connectivity index (χ1n) is 5.60. The predicted octanol–water partition coefficient (Wildman–Crippen LogP) is 3.67. The normalized spacial score (nSPS) is 13.8.